The Kier molecular flexibility index (Phi) is 3.42. The molecule has 28 heavy (non-hydrogen) atoms. The van der Waals surface area contributed by atoms with Crippen LogP contribution < -0.4 is 5.32 Å². The Morgan fingerprint density at radius 3 is 2.57 bits per heavy atom. The number of fused-ring (bicyclic) bond motifs is 2. The number of carbonyl (C=O) groups is 1. The largest absolute Gasteiger partial charge is 0.418 e. The number of nitrogens with one attached hydrogen (secondary N) is 1. The number of anilines is 1. The minimum absolute atomic E-state index is 0.0299. The minimum Gasteiger partial charge on any atom is -0.325 e. The zero-order valence-electron chi connectivity index (χ0n) is 15.3. The SMILES string of the molecule is Cc1cc(-c2c(C(F)(F)F)cc(C)c3nc(C4CC4)nn23)cc2c1NC(=O)C2. The number of benzene rings is 1. The number of carbonyl (C=O) groups excluding carboxylic acids is 1. The van der Waals surface area contributed by atoms with Gasteiger partial charge in [-0.3, -0.25) is 4.79 Å². The van der Waals surface area contributed by atoms with E-state index in [2.05, 4.69) is 15.4 Å². The summed E-state index contributed by atoms with van der Waals surface area (Å²) in [5.41, 5.74) is 2.59. The fourth-order valence-corrected chi connectivity index (χ4v) is 3.88. The Hall–Kier alpha value is -2.90. The molecule has 8 heteroatoms. The number of pyridine rings is 1. The summed E-state index contributed by atoms with van der Waals surface area (Å²) in [6.07, 6.45) is -2.46. The first-order valence-electron chi connectivity index (χ1n) is 9.13. The molecule has 0 bridgehead atoms. The standard InChI is InChI=1S/C20H17F3N4O/c1-9-5-13(7-12-8-15(28)24-16(9)12)17-14(20(21,22)23)6-10(2)19-25-18(11-3-4-11)26-27(17)19/h5-7,11H,3-4,8H2,1-2H3,(H,24,28). The summed E-state index contributed by atoms with van der Waals surface area (Å²) in [6, 6.07) is 4.46. The molecule has 1 amide bonds. The molecule has 1 N–H and O–H groups in total. The Morgan fingerprint density at radius 2 is 1.89 bits per heavy atom. The molecule has 1 aliphatic carbocycles. The molecule has 1 aromatic carbocycles. The molecule has 0 saturated heterocycles. The molecular formula is C20H17F3N4O. The van der Waals surface area contributed by atoms with Gasteiger partial charge in [0.2, 0.25) is 5.91 Å². The number of alkyl halides is 3. The number of aryl methyl sites for hydroxylation is 2. The third kappa shape index (κ3) is 2.58. The van der Waals surface area contributed by atoms with Gasteiger partial charge in [0.05, 0.1) is 17.7 Å². The highest BCUT2D eigenvalue weighted by molar-refractivity contribution is 6.00. The number of aromatic nitrogens is 3. The van der Waals surface area contributed by atoms with Gasteiger partial charge in [-0.15, -0.1) is 0 Å². The molecule has 0 radical (unpaired) electrons. The third-order valence-corrected chi connectivity index (χ3v) is 5.36. The van der Waals surface area contributed by atoms with E-state index in [9.17, 15) is 18.0 Å². The summed E-state index contributed by atoms with van der Waals surface area (Å²) >= 11 is 0. The third-order valence-electron chi connectivity index (χ3n) is 5.36. The Bertz CT molecular complexity index is 1160. The number of hydrogen-bond acceptors (Lipinski definition) is 3. The van der Waals surface area contributed by atoms with Gasteiger partial charge in [0, 0.05) is 17.2 Å². The second-order valence-electron chi connectivity index (χ2n) is 7.62. The smallest absolute Gasteiger partial charge is 0.325 e. The van der Waals surface area contributed by atoms with E-state index in [0.29, 0.717) is 33.8 Å². The number of halogens is 3. The molecule has 3 heterocycles. The lowest BCUT2D eigenvalue weighted by atomic mass is 9.98. The molecule has 0 spiro atoms. The van der Waals surface area contributed by atoms with Crippen molar-refractivity contribution < 1.29 is 18.0 Å². The zero-order valence-corrected chi connectivity index (χ0v) is 15.3. The van der Waals surface area contributed by atoms with E-state index in [1.54, 1.807) is 26.0 Å². The van der Waals surface area contributed by atoms with Crippen LogP contribution in [0.3, 0.4) is 0 Å². The summed E-state index contributed by atoms with van der Waals surface area (Å²) in [5.74, 6) is 0.667. The average Bonchev–Trinajstić information content (AvgIpc) is 3.23. The predicted octanol–water partition coefficient (Wildman–Crippen LogP) is 4.40. The van der Waals surface area contributed by atoms with Gasteiger partial charge < -0.3 is 5.32 Å². The number of amides is 1. The normalized spacial score (nSPS) is 16.5. The molecule has 1 saturated carbocycles. The van der Waals surface area contributed by atoms with Crippen LogP contribution in [0.1, 0.15) is 46.8 Å². The quantitative estimate of drug-likeness (QED) is 0.710. The van der Waals surface area contributed by atoms with Crippen molar-refractivity contribution in [3.05, 3.63) is 46.3 Å². The first-order chi connectivity index (χ1) is 13.2. The van der Waals surface area contributed by atoms with Crippen molar-refractivity contribution in [3.8, 4) is 11.3 Å². The second-order valence-corrected chi connectivity index (χ2v) is 7.62. The Morgan fingerprint density at radius 1 is 1.14 bits per heavy atom. The predicted molar refractivity (Wildman–Crippen MR) is 97.2 cm³/mol. The Labute approximate surface area is 158 Å². The highest BCUT2D eigenvalue weighted by atomic mass is 19.4. The van der Waals surface area contributed by atoms with Crippen molar-refractivity contribution in [2.24, 2.45) is 0 Å². The molecule has 144 valence electrons. The van der Waals surface area contributed by atoms with Crippen LogP contribution in [0.2, 0.25) is 0 Å². The van der Waals surface area contributed by atoms with Crippen molar-refractivity contribution in [2.75, 3.05) is 5.32 Å². The van der Waals surface area contributed by atoms with Crippen LogP contribution >= 0.6 is 0 Å². The maximum Gasteiger partial charge on any atom is 0.418 e. The van der Waals surface area contributed by atoms with E-state index < -0.39 is 11.7 Å². The van der Waals surface area contributed by atoms with Gasteiger partial charge in [0.25, 0.3) is 0 Å². The molecule has 0 atom stereocenters. The van der Waals surface area contributed by atoms with Crippen LogP contribution in [0, 0.1) is 13.8 Å². The van der Waals surface area contributed by atoms with E-state index in [1.165, 1.54) is 4.52 Å². The molecule has 2 aliphatic rings. The molecule has 5 nitrogen and oxygen atoms in total. The van der Waals surface area contributed by atoms with Crippen LogP contribution in [0.5, 0.6) is 0 Å². The summed E-state index contributed by atoms with van der Waals surface area (Å²) in [7, 11) is 0. The lowest BCUT2D eigenvalue weighted by Gasteiger charge is -2.17. The van der Waals surface area contributed by atoms with E-state index in [-0.39, 0.29) is 23.9 Å². The summed E-state index contributed by atoms with van der Waals surface area (Å²) in [6.45, 7) is 3.40. The van der Waals surface area contributed by atoms with E-state index in [4.69, 9.17) is 0 Å². The maximum atomic E-state index is 13.9. The Balaban J connectivity index is 1.83. The average molecular weight is 386 g/mol. The molecule has 1 aliphatic heterocycles. The maximum absolute atomic E-state index is 13.9. The van der Waals surface area contributed by atoms with Gasteiger partial charge in [-0.2, -0.15) is 18.3 Å². The topological polar surface area (TPSA) is 59.3 Å². The monoisotopic (exact) mass is 386 g/mol. The number of nitrogens with zero attached hydrogens (tertiary/aromatic N) is 3. The van der Waals surface area contributed by atoms with Gasteiger partial charge in [-0.05, 0) is 61.6 Å². The van der Waals surface area contributed by atoms with Gasteiger partial charge in [-0.1, -0.05) is 0 Å². The highest BCUT2D eigenvalue weighted by Gasteiger charge is 2.37. The minimum atomic E-state index is -4.54. The lowest BCUT2D eigenvalue weighted by Crippen LogP contribution is -2.12. The fraction of sp³-hybridized carbons (Fsp3) is 0.350. The van der Waals surface area contributed by atoms with Crippen molar-refractivity contribution >= 4 is 17.2 Å². The van der Waals surface area contributed by atoms with Crippen LogP contribution in [-0.4, -0.2) is 20.5 Å². The van der Waals surface area contributed by atoms with Gasteiger partial charge in [0.1, 0.15) is 0 Å². The molecular weight excluding hydrogens is 369 g/mol. The molecule has 2 aromatic heterocycles. The van der Waals surface area contributed by atoms with Gasteiger partial charge >= 0.3 is 6.18 Å². The first-order valence-corrected chi connectivity index (χ1v) is 9.13. The van der Waals surface area contributed by atoms with E-state index in [1.807, 2.05) is 0 Å². The van der Waals surface area contributed by atoms with Crippen LogP contribution in [0.15, 0.2) is 18.2 Å². The van der Waals surface area contributed by atoms with Crippen LogP contribution in [-0.2, 0) is 17.4 Å². The summed E-state index contributed by atoms with van der Waals surface area (Å²) in [4.78, 5) is 16.3. The number of rotatable bonds is 2. The zero-order chi connectivity index (χ0) is 19.8. The van der Waals surface area contributed by atoms with Crippen molar-refractivity contribution in [1.29, 1.82) is 0 Å². The van der Waals surface area contributed by atoms with Crippen LogP contribution in [0.25, 0.3) is 16.9 Å². The molecule has 1 fully saturated rings. The summed E-state index contributed by atoms with van der Waals surface area (Å²) < 4.78 is 43.1. The van der Waals surface area contributed by atoms with Crippen LogP contribution in [0.4, 0.5) is 18.9 Å². The number of hydrogen-bond donors (Lipinski definition) is 1. The van der Waals surface area contributed by atoms with Gasteiger partial charge in [0.15, 0.2) is 11.5 Å². The second kappa shape index (κ2) is 5.56. The van der Waals surface area contributed by atoms with Crippen molar-refractivity contribution in [1.82, 2.24) is 14.6 Å². The summed E-state index contributed by atoms with van der Waals surface area (Å²) in [5, 5.41) is 7.21. The van der Waals surface area contributed by atoms with Crippen molar-refractivity contribution in [2.45, 2.75) is 45.2 Å². The van der Waals surface area contributed by atoms with Gasteiger partial charge in [-0.25, -0.2) is 9.50 Å². The van der Waals surface area contributed by atoms with E-state index >= 15 is 0 Å². The highest BCUT2D eigenvalue weighted by Crippen LogP contribution is 2.42. The first kappa shape index (κ1) is 17.2. The van der Waals surface area contributed by atoms with E-state index in [0.717, 1.165) is 24.5 Å². The molecule has 5 rings (SSSR count). The van der Waals surface area contributed by atoms with Crippen molar-refractivity contribution in [3.63, 3.8) is 0 Å². The fourth-order valence-electron chi connectivity index (χ4n) is 3.88. The molecule has 0 unspecified atom stereocenters. The lowest BCUT2D eigenvalue weighted by molar-refractivity contribution is -0.137. The molecule has 3 aromatic rings.